The first-order valence-corrected chi connectivity index (χ1v) is 7.53. The zero-order valence-electron chi connectivity index (χ0n) is 13.5. The van der Waals surface area contributed by atoms with E-state index in [1.807, 2.05) is 30.3 Å². The van der Waals surface area contributed by atoms with Gasteiger partial charge in [-0.2, -0.15) is 5.10 Å². The molecule has 6 heteroatoms. The standard InChI is InChI=1S/C19H15N3O3/c1-20-15-8-9-16(25-12-13-6-4-3-5-7-13)18(19(23)24)17(15)14-10-21-22(2)11-14/h3-11H,12H2,2H3,(H,23,24). The highest BCUT2D eigenvalue weighted by Crippen LogP contribution is 2.39. The summed E-state index contributed by atoms with van der Waals surface area (Å²) in [5.74, 6) is -0.921. The van der Waals surface area contributed by atoms with E-state index in [9.17, 15) is 9.90 Å². The van der Waals surface area contributed by atoms with Crippen molar-refractivity contribution in [3.63, 3.8) is 0 Å². The highest BCUT2D eigenvalue weighted by atomic mass is 16.5. The minimum atomic E-state index is -1.15. The second-order valence-electron chi connectivity index (χ2n) is 5.43. The van der Waals surface area contributed by atoms with Crippen LogP contribution in [0.25, 0.3) is 16.0 Å². The molecule has 0 spiro atoms. The number of aromatic nitrogens is 2. The normalized spacial score (nSPS) is 10.2. The smallest absolute Gasteiger partial charge is 0.338 e. The van der Waals surface area contributed by atoms with Crippen molar-refractivity contribution in [1.29, 1.82) is 0 Å². The quantitative estimate of drug-likeness (QED) is 0.719. The molecule has 3 aromatic rings. The van der Waals surface area contributed by atoms with Gasteiger partial charge in [0.1, 0.15) is 12.4 Å². The average molecular weight is 333 g/mol. The van der Waals surface area contributed by atoms with Crippen molar-refractivity contribution in [2.75, 3.05) is 0 Å². The average Bonchev–Trinajstić information content (AvgIpc) is 3.05. The predicted octanol–water partition coefficient (Wildman–Crippen LogP) is 3.92. The predicted molar refractivity (Wildman–Crippen MR) is 92.6 cm³/mol. The summed E-state index contributed by atoms with van der Waals surface area (Å²) in [6, 6.07) is 12.6. The maximum atomic E-state index is 11.9. The maximum absolute atomic E-state index is 11.9. The lowest BCUT2D eigenvalue weighted by atomic mass is 9.99. The van der Waals surface area contributed by atoms with E-state index in [4.69, 9.17) is 11.3 Å². The molecule has 3 rings (SSSR count). The molecule has 1 N–H and O–H groups in total. The van der Waals surface area contributed by atoms with E-state index in [-0.39, 0.29) is 23.6 Å². The Kier molecular flexibility index (Phi) is 4.48. The molecule has 124 valence electrons. The largest absolute Gasteiger partial charge is 0.488 e. The van der Waals surface area contributed by atoms with Crippen LogP contribution in [0.1, 0.15) is 15.9 Å². The Bertz CT molecular complexity index is 956. The molecule has 0 saturated carbocycles. The number of aromatic carboxylic acids is 1. The molecule has 0 fully saturated rings. The van der Waals surface area contributed by atoms with Crippen molar-refractivity contribution < 1.29 is 14.6 Å². The van der Waals surface area contributed by atoms with Gasteiger partial charge in [0.15, 0.2) is 5.69 Å². The van der Waals surface area contributed by atoms with Crippen molar-refractivity contribution in [2.45, 2.75) is 6.61 Å². The van der Waals surface area contributed by atoms with Crippen LogP contribution >= 0.6 is 0 Å². The number of carboxylic acid groups (broad SMARTS) is 1. The molecule has 0 radical (unpaired) electrons. The highest BCUT2D eigenvalue weighted by molar-refractivity contribution is 6.03. The van der Waals surface area contributed by atoms with Crippen LogP contribution in [0.3, 0.4) is 0 Å². The lowest BCUT2D eigenvalue weighted by molar-refractivity contribution is 0.0692. The molecule has 0 aliphatic heterocycles. The number of hydrogen-bond donors (Lipinski definition) is 1. The van der Waals surface area contributed by atoms with Gasteiger partial charge in [0.05, 0.1) is 18.3 Å². The van der Waals surface area contributed by atoms with Crippen LogP contribution in [0.2, 0.25) is 0 Å². The Morgan fingerprint density at radius 1 is 1.28 bits per heavy atom. The highest BCUT2D eigenvalue weighted by Gasteiger charge is 2.22. The Morgan fingerprint density at radius 3 is 2.64 bits per heavy atom. The summed E-state index contributed by atoms with van der Waals surface area (Å²) in [6.07, 6.45) is 3.22. The molecular weight excluding hydrogens is 318 g/mol. The Morgan fingerprint density at radius 2 is 2.04 bits per heavy atom. The van der Waals surface area contributed by atoms with E-state index in [0.717, 1.165) is 5.56 Å². The van der Waals surface area contributed by atoms with Gasteiger partial charge in [0.25, 0.3) is 0 Å². The molecule has 25 heavy (non-hydrogen) atoms. The number of rotatable bonds is 5. The molecule has 6 nitrogen and oxygen atoms in total. The monoisotopic (exact) mass is 333 g/mol. The number of aryl methyl sites for hydroxylation is 1. The summed E-state index contributed by atoms with van der Waals surface area (Å²) in [5.41, 5.74) is 2.03. The maximum Gasteiger partial charge on any atom is 0.338 e. The van der Waals surface area contributed by atoms with E-state index in [0.29, 0.717) is 11.1 Å². The fourth-order valence-corrected chi connectivity index (χ4v) is 2.58. The molecule has 0 saturated heterocycles. The van der Waals surface area contributed by atoms with Crippen LogP contribution in [0.5, 0.6) is 5.75 Å². The van der Waals surface area contributed by atoms with E-state index < -0.39 is 5.97 Å². The van der Waals surface area contributed by atoms with Gasteiger partial charge < -0.3 is 9.84 Å². The van der Waals surface area contributed by atoms with E-state index in [1.54, 1.807) is 24.0 Å². The molecule has 0 amide bonds. The number of benzene rings is 2. The first-order valence-electron chi connectivity index (χ1n) is 7.53. The van der Waals surface area contributed by atoms with Crippen molar-refractivity contribution in [2.24, 2.45) is 7.05 Å². The summed E-state index contributed by atoms with van der Waals surface area (Å²) in [7, 11) is 1.73. The van der Waals surface area contributed by atoms with Crippen LogP contribution in [0, 0.1) is 6.57 Å². The van der Waals surface area contributed by atoms with Crippen LogP contribution < -0.4 is 4.74 Å². The molecule has 0 aliphatic rings. The van der Waals surface area contributed by atoms with Gasteiger partial charge in [0.2, 0.25) is 0 Å². The zero-order chi connectivity index (χ0) is 17.8. The fraction of sp³-hybridized carbons (Fsp3) is 0.105. The van der Waals surface area contributed by atoms with Gasteiger partial charge in [-0.05, 0) is 11.6 Å². The number of carbonyl (C=O) groups is 1. The van der Waals surface area contributed by atoms with Gasteiger partial charge >= 0.3 is 5.97 Å². The van der Waals surface area contributed by atoms with Crippen LogP contribution in [-0.4, -0.2) is 20.9 Å². The molecule has 1 heterocycles. The first kappa shape index (κ1) is 16.3. The number of ether oxygens (including phenoxy) is 1. The third kappa shape index (κ3) is 3.35. The summed E-state index contributed by atoms with van der Waals surface area (Å²) >= 11 is 0. The van der Waals surface area contributed by atoms with Gasteiger partial charge in [-0.1, -0.05) is 36.4 Å². The van der Waals surface area contributed by atoms with E-state index >= 15 is 0 Å². The minimum Gasteiger partial charge on any atom is -0.488 e. The molecule has 2 aromatic carbocycles. The topological polar surface area (TPSA) is 68.7 Å². The number of carboxylic acids is 1. The second kappa shape index (κ2) is 6.89. The third-order valence-electron chi connectivity index (χ3n) is 3.71. The van der Waals surface area contributed by atoms with E-state index in [2.05, 4.69) is 9.94 Å². The first-order chi connectivity index (χ1) is 12.1. The van der Waals surface area contributed by atoms with Crippen molar-refractivity contribution in [3.05, 3.63) is 77.4 Å². The summed E-state index contributed by atoms with van der Waals surface area (Å²) < 4.78 is 7.30. The van der Waals surface area contributed by atoms with Gasteiger partial charge in [-0.25, -0.2) is 9.64 Å². The third-order valence-corrected chi connectivity index (χ3v) is 3.71. The van der Waals surface area contributed by atoms with E-state index in [1.165, 1.54) is 12.3 Å². The SMILES string of the molecule is [C-]#[N+]c1ccc(OCc2ccccc2)c(C(=O)O)c1-c1cnn(C)c1. The van der Waals surface area contributed by atoms with Crippen molar-refractivity contribution >= 4 is 11.7 Å². The Balaban J connectivity index is 2.07. The molecule has 0 unspecified atom stereocenters. The van der Waals surface area contributed by atoms with Crippen molar-refractivity contribution in [3.8, 4) is 16.9 Å². The van der Waals surface area contributed by atoms with Crippen LogP contribution in [0.15, 0.2) is 54.9 Å². The number of hydrogen-bond acceptors (Lipinski definition) is 3. The van der Waals surface area contributed by atoms with Gasteiger partial charge in [0, 0.05) is 24.4 Å². The number of nitrogens with zero attached hydrogens (tertiary/aromatic N) is 3. The molecule has 0 atom stereocenters. The van der Waals surface area contributed by atoms with Gasteiger partial charge in [-0.3, -0.25) is 4.68 Å². The lowest BCUT2D eigenvalue weighted by Gasteiger charge is -2.14. The Labute approximate surface area is 144 Å². The van der Waals surface area contributed by atoms with Crippen LogP contribution in [-0.2, 0) is 13.7 Å². The van der Waals surface area contributed by atoms with Crippen molar-refractivity contribution in [1.82, 2.24) is 9.78 Å². The summed E-state index contributed by atoms with van der Waals surface area (Å²) in [5, 5.41) is 13.8. The molecule has 0 bridgehead atoms. The molecule has 0 aliphatic carbocycles. The second-order valence-corrected chi connectivity index (χ2v) is 5.43. The zero-order valence-corrected chi connectivity index (χ0v) is 13.5. The molecule has 1 aromatic heterocycles. The Hall–Kier alpha value is -3.59. The lowest BCUT2D eigenvalue weighted by Crippen LogP contribution is -2.05. The fourth-order valence-electron chi connectivity index (χ4n) is 2.58. The summed E-state index contributed by atoms with van der Waals surface area (Å²) in [6.45, 7) is 7.59. The van der Waals surface area contributed by atoms with Crippen LogP contribution in [0.4, 0.5) is 5.69 Å². The summed E-state index contributed by atoms with van der Waals surface area (Å²) in [4.78, 5) is 15.3. The van der Waals surface area contributed by atoms with Gasteiger partial charge in [-0.15, -0.1) is 0 Å². The minimum absolute atomic E-state index is 0.0302. The molecular formula is C19H15N3O3.